The Balaban J connectivity index is 2.98. The summed E-state index contributed by atoms with van der Waals surface area (Å²) in [6.07, 6.45) is 0.914. The van der Waals surface area contributed by atoms with Crippen LogP contribution in [-0.2, 0) is 4.79 Å². The zero-order valence-corrected chi connectivity index (χ0v) is 11.1. The van der Waals surface area contributed by atoms with Crippen LogP contribution in [0.3, 0.4) is 0 Å². The molecule has 0 aliphatic heterocycles. The lowest BCUT2D eigenvalue weighted by atomic mass is 9.93. The number of carbonyl (C=O) groups is 1. The lowest BCUT2D eigenvalue weighted by Crippen LogP contribution is -2.06. The normalized spacial score (nSPS) is 11.9. The van der Waals surface area contributed by atoms with Crippen molar-refractivity contribution in [2.75, 3.05) is 13.7 Å². The number of rotatable bonds is 7. The average molecular weight is 252 g/mol. The zero-order valence-electron chi connectivity index (χ0n) is 11.1. The second kappa shape index (κ2) is 6.89. The highest BCUT2D eigenvalue weighted by Crippen LogP contribution is 2.33. The lowest BCUT2D eigenvalue weighted by Gasteiger charge is -2.16. The first kappa shape index (κ1) is 14.4. The highest BCUT2D eigenvalue weighted by molar-refractivity contribution is 5.68. The summed E-state index contributed by atoms with van der Waals surface area (Å²) in [5.74, 6) is 0.564. The minimum atomic E-state index is -0.783. The van der Waals surface area contributed by atoms with Gasteiger partial charge in [-0.1, -0.05) is 13.0 Å². The number of carboxylic acids is 1. The van der Waals surface area contributed by atoms with E-state index in [1.807, 2.05) is 32.0 Å². The van der Waals surface area contributed by atoms with Crippen molar-refractivity contribution >= 4 is 5.97 Å². The van der Waals surface area contributed by atoms with Crippen LogP contribution < -0.4 is 9.47 Å². The number of aliphatic carboxylic acids is 1. The van der Waals surface area contributed by atoms with Crippen molar-refractivity contribution in [2.45, 2.75) is 32.6 Å². The van der Waals surface area contributed by atoms with Crippen LogP contribution in [0, 0.1) is 0 Å². The Morgan fingerprint density at radius 2 is 2.06 bits per heavy atom. The van der Waals surface area contributed by atoms with E-state index in [0.717, 1.165) is 12.0 Å². The SMILES string of the molecule is CCOc1ccc(C(CC)CC(=O)O)cc1OC. The van der Waals surface area contributed by atoms with Gasteiger partial charge in [-0.2, -0.15) is 0 Å². The van der Waals surface area contributed by atoms with Crippen molar-refractivity contribution in [2.24, 2.45) is 0 Å². The van der Waals surface area contributed by atoms with E-state index in [1.165, 1.54) is 0 Å². The molecule has 0 fully saturated rings. The van der Waals surface area contributed by atoms with E-state index >= 15 is 0 Å². The molecule has 0 saturated carbocycles. The molecule has 1 aromatic rings. The number of methoxy groups -OCH3 is 1. The molecule has 0 amide bonds. The van der Waals surface area contributed by atoms with E-state index in [4.69, 9.17) is 14.6 Å². The third kappa shape index (κ3) is 3.65. The van der Waals surface area contributed by atoms with Crippen molar-refractivity contribution in [1.29, 1.82) is 0 Å². The number of hydrogen-bond donors (Lipinski definition) is 1. The Morgan fingerprint density at radius 1 is 1.33 bits per heavy atom. The zero-order chi connectivity index (χ0) is 13.5. The Labute approximate surface area is 108 Å². The van der Waals surface area contributed by atoms with Crippen LogP contribution in [0.25, 0.3) is 0 Å². The average Bonchev–Trinajstić information content (AvgIpc) is 2.36. The highest BCUT2D eigenvalue weighted by Gasteiger charge is 2.16. The molecule has 1 atom stereocenters. The van der Waals surface area contributed by atoms with E-state index in [1.54, 1.807) is 7.11 Å². The molecule has 1 N–H and O–H groups in total. The lowest BCUT2D eigenvalue weighted by molar-refractivity contribution is -0.137. The van der Waals surface area contributed by atoms with Crippen LogP contribution in [0.2, 0.25) is 0 Å². The summed E-state index contributed by atoms with van der Waals surface area (Å²) >= 11 is 0. The minimum absolute atomic E-state index is 0.00655. The third-order valence-electron chi connectivity index (χ3n) is 2.87. The third-order valence-corrected chi connectivity index (χ3v) is 2.87. The molecule has 0 aromatic heterocycles. The maximum atomic E-state index is 10.8. The van der Waals surface area contributed by atoms with Crippen molar-refractivity contribution < 1.29 is 19.4 Å². The van der Waals surface area contributed by atoms with E-state index in [0.29, 0.717) is 18.1 Å². The molecule has 0 bridgehead atoms. The van der Waals surface area contributed by atoms with Gasteiger partial charge in [0.2, 0.25) is 0 Å². The van der Waals surface area contributed by atoms with Gasteiger partial charge in [0.05, 0.1) is 20.1 Å². The fraction of sp³-hybridized carbons (Fsp3) is 0.500. The second-order valence-corrected chi connectivity index (χ2v) is 4.05. The number of hydrogen-bond acceptors (Lipinski definition) is 3. The maximum absolute atomic E-state index is 10.8. The summed E-state index contributed by atoms with van der Waals surface area (Å²) in [6.45, 7) is 4.46. The molecule has 4 nitrogen and oxygen atoms in total. The van der Waals surface area contributed by atoms with Crippen molar-refractivity contribution in [3.8, 4) is 11.5 Å². The van der Waals surface area contributed by atoms with Crippen molar-refractivity contribution in [3.63, 3.8) is 0 Å². The topological polar surface area (TPSA) is 55.8 Å². The molecule has 0 heterocycles. The Hall–Kier alpha value is -1.71. The monoisotopic (exact) mass is 252 g/mol. The van der Waals surface area contributed by atoms with Gasteiger partial charge in [-0.3, -0.25) is 4.79 Å². The smallest absolute Gasteiger partial charge is 0.303 e. The molecular formula is C14H20O4. The predicted octanol–water partition coefficient (Wildman–Crippen LogP) is 3.06. The van der Waals surface area contributed by atoms with Gasteiger partial charge in [-0.15, -0.1) is 0 Å². The molecule has 0 spiro atoms. The van der Waals surface area contributed by atoms with Gasteiger partial charge >= 0.3 is 5.97 Å². The summed E-state index contributed by atoms with van der Waals surface area (Å²) in [7, 11) is 1.58. The fourth-order valence-corrected chi connectivity index (χ4v) is 1.92. The number of ether oxygens (including phenoxy) is 2. The van der Waals surface area contributed by atoms with Crippen LogP contribution in [0.15, 0.2) is 18.2 Å². The largest absolute Gasteiger partial charge is 0.493 e. The van der Waals surface area contributed by atoms with Gasteiger partial charge in [0.25, 0.3) is 0 Å². The Bertz CT molecular complexity index is 401. The fourth-order valence-electron chi connectivity index (χ4n) is 1.92. The van der Waals surface area contributed by atoms with E-state index < -0.39 is 5.97 Å². The molecule has 0 saturated heterocycles. The Kier molecular flexibility index (Phi) is 5.49. The summed E-state index contributed by atoms with van der Waals surface area (Å²) in [4.78, 5) is 10.8. The number of benzene rings is 1. The van der Waals surface area contributed by atoms with Crippen LogP contribution in [0.5, 0.6) is 11.5 Å². The first-order chi connectivity index (χ1) is 8.62. The summed E-state index contributed by atoms with van der Waals surface area (Å²) < 4.78 is 10.7. The first-order valence-corrected chi connectivity index (χ1v) is 6.14. The highest BCUT2D eigenvalue weighted by atomic mass is 16.5. The van der Waals surface area contributed by atoms with E-state index in [9.17, 15) is 4.79 Å². The molecule has 0 aliphatic carbocycles. The van der Waals surface area contributed by atoms with Gasteiger partial charge in [0.15, 0.2) is 11.5 Å². The van der Waals surface area contributed by atoms with Gasteiger partial charge < -0.3 is 14.6 Å². The van der Waals surface area contributed by atoms with Gasteiger partial charge in [0.1, 0.15) is 0 Å². The standard InChI is InChI=1S/C14H20O4/c1-4-10(9-14(15)16)11-6-7-12(18-5-2)13(8-11)17-3/h6-8,10H,4-5,9H2,1-3H3,(H,15,16). The Morgan fingerprint density at radius 3 is 2.56 bits per heavy atom. The quantitative estimate of drug-likeness (QED) is 0.810. The van der Waals surface area contributed by atoms with Crippen molar-refractivity contribution in [3.05, 3.63) is 23.8 Å². The van der Waals surface area contributed by atoms with Crippen molar-refractivity contribution in [1.82, 2.24) is 0 Å². The predicted molar refractivity (Wildman–Crippen MR) is 69.4 cm³/mol. The molecule has 1 rings (SSSR count). The number of carboxylic acid groups (broad SMARTS) is 1. The maximum Gasteiger partial charge on any atom is 0.303 e. The van der Waals surface area contributed by atoms with Crippen LogP contribution in [0.1, 0.15) is 38.2 Å². The first-order valence-electron chi connectivity index (χ1n) is 6.14. The molecule has 4 heteroatoms. The summed E-state index contributed by atoms with van der Waals surface area (Å²) in [5.41, 5.74) is 0.972. The minimum Gasteiger partial charge on any atom is -0.493 e. The van der Waals surface area contributed by atoms with Crippen LogP contribution in [0.4, 0.5) is 0 Å². The van der Waals surface area contributed by atoms with Crippen LogP contribution >= 0.6 is 0 Å². The van der Waals surface area contributed by atoms with E-state index in [2.05, 4.69) is 0 Å². The summed E-state index contributed by atoms with van der Waals surface area (Å²) in [6, 6.07) is 5.61. The van der Waals surface area contributed by atoms with Gasteiger partial charge in [-0.05, 0) is 37.0 Å². The molecule has 1 unspecified atom stereocenters. The molecule has 1 aromatic carbocycles. The van der Waals surface area contributed by atoms with Crippen LogP contribution in [-0.4, -0.2) is 24.8 Å². The molecule has 0 aliphatic rings. The second-order valence-electron chi connectivity index (χ2n) is 4.05. The molecular weight excluding hydrogens is 232 g/mol. The molecule has 18 heavy (non-hydrogen) atoms. The molecule has 0 radical (unpaired) electrons. The van der Waals surface area contributed by atoms with Gasteiger partial charge in [0, 0.05) is 0 Å². The van der Waals surface area contributed by atoms with Gasteiger partial charge in [-0.25, -0.2) is 0 Å². The van der Waals surface area contributed by atoms with E-state index in [-0.39, 0.29) is 12.3 Å². The molecule has 100 valence electrons. The summed E-state index contributed by atoms with van der Waals surface area (Å²) in [5, 5.41) is 8.89.